The number of hydrogen-bond donors (Lipinski definition) is 1. The zero-order valence-corrected chi connectivity index (χ0v) is 20.3. The normalized spacial score (nSPS) is 15.0. The van der Waals surface area contributed by atoms with Gasteiger partial charge in [0.2, 0.25) is 5.82 Å². The van der Waals surface area contributed by atoms with E-state index in [2.05, 4.69) is 76.4 Å². The molecular weight excluding hydrogens is 422 g/mol. The van der Waals surface area contributed by atoms with E-state index >= 15 is 0 Å². The summed E-state index contributed by atoms with van der Waals surface area (Å²) < 4.78 is 2.11. The number of hydrogen-bond acceptors (Lipinski definition) is 5. The molecule has 0 saturated heterocycles. The van der Waals surface area contributed by atoms with E-state index in [4.69, 9.17) is 10.1 Å². The molecule has 5 rings (SSSR count). The smallest absolute Gasteiger partial charge is 0.205 e. The van der Waals surface area contributed by atoms with Crippen molar-refractivity contribution in [1.82, 2.24) is 35.4 Å². The molecule has 1 N–H and O–H groups in total. The monoisotopic (exact) mass is 455 g/mol. The van der Waals surface area contributed by atoms with Gasteiger partial charge in [-0.25, -0.2) is 9.67 Å². The van der Waals surface area contributed by atoms with Crippen LogP contribution in [-0.4, -0.2) is 35.4 Å². The lowest BCUT2D eigenvalue weighted by atomic mass is 9.87. The standard InChI is InChI=1S/C27H33N7/c1-27(2,3)26-28-24(17-19-9-5-4-6-10-19)31-34(26)18-20-13-15-21(16-14-20)22-11-7-8-12-23(22)25-29-32-33-30-25/h7-8,11-16,19H,4-6,9-10,17-18H2,1-3H3,(H,29,30,32,33). The molecule has 0 atom stereocenters. The predicted molar refractivity (Wildman–Crippen MR) is 133 cm³/mol. The van der Waals surface area contributed by atoms with Gasteiger partial charge in [0.05, 0.1) is 6.54 Å². The van der Waals surface area contributed by atoms with Crippen molar-refractivity contribution in [3.05, 3.63) is 65.7 Å². The quantitative estimate of drug-likeness (QED) is 0.409. The minimum atomic E-state index is -0.0543. The Morgan fingerprint density at radius 2 is 1.68 bits per heavy atom. The molecule has 2 aromatic heterocycles. The van der Waals surface area contributed by atoms with Gasteiger partial charge in [0.1, 0.15) is 5.82 Å². The largest absolute Gasteiger partial charge is 0.245 e. The first-order valence-electron chi connectivity index (χ1n) is 12.3. The average Bonchev–Trinajstić information content (AvgIpc) is 3.51. The van der Waals surface area contributed by atoms with E-state index in [9.17, 15) is 0 Å². The van der Waals surface area contributed by atoms with Gasteiger partial charge >= 0.3 is 0 Å². The Morgan fingerprint density at radius 3 is 2.35 bits per heavy atom. The minimum absolute atomic E-state index is 0.0543. The second-order valence-electron chi connectivity index (χ2n) is 10.4. The van der Waals surface area contributed by atoms with Gasteiger partial charge in [-0.3, -0.25) is 0 Å². The highest BCUT2D eigenvalue weighted by molar-refractivity contribution is 5.80. The summed E-state index contributed by atoms with van der Waals surface area (Å²) in [7, 11) is 0. The maximum atomic E-state index is 5.01. The van der Waals surface area contributed by atoms with Gasteiger partial charge in [-0.15, -0.1) is 10.2 Å². The van der Waals surface area contributed by atoms with Gasteiger partial charge in [-0.1, -0.05) is 101 Å². The van der Waals surface area contributed by atoms with E-state index in [0.717, 1.165) is 47.2 Å². The van der Waals surface area contributed by atoms with Crippen molar-refractivity contribution >= 4 is 0 Å². The first-order valence-corrected chi connectivity index (χ1v) is 12.3. The van der Waals surface area contributed by atoms with Crippen molar-refractivity contribution in [3.8, 4) is 22.5 Å². The molecule has 1 aliphatic carbocycles. The summed E-state index contributed by atoms with van der Waals surface area (Å²) in [6, 6.07) is 16.8. The van der Waals surface area contributed by atoms with Crippen LogP contribution in [0.1, 0.15) is 70.1 Å². The second-order valence-corrected chi connectivity index (χ2v) is 10.4. The highest BCUT2D eigenvalue weighted by Gasteiger charge is 2.25. The lowest BCUT2D eigenvalue weighted by Crippen LogP contribution is -2.20. The van der Waals surface area contributed by atoms with Gasteiger partial charge < -0.3 is 0 Å². The van der Waals surface area contributed by atoms with Crippen molar-refractivity contribution in [1.29, 1.82) is 0 Å². The number of H-pyrrole nitrogens is 1. The molecule has 34 heavy (non-hydrogen) atoms. The fourth-order valence-electron chi connectivity index (χ4n) is 4.96. The van der Waals surface area contributed by atoms with Crippen LogP contribution < -0.4 is 0 Å². The molecule has 1 fully saturated rings. The summed E-state index contributed by atoms with van der Waals surface area (Å²) >= 11 is 0. The summed E-state index contributed by atoms with van der Waals surface area (Å²) in [5.74, 6) is 3.39. The van der Waals surface area contributed by atoms with Crippen molar-refractivity contribution < 1.29 is 0 Å². The molecule has 0 amide bonds. The number of nitrogens with one attached hydrogen (secondary N) is 1. The highest BCUT2D eigenvalue weighted by atomic mass is 15.5. The summed E-state index contributed by atoms with van der Waals surface area (Å²) in [4.78, 5) is 5.01. The number of nitrogens with zero attached hydrogens (tertiary/aromatic N) is 6. The molecule has 0 spiro atoms. The van der Waals surface area contributed by atoms with Crippen LogP contribution in [0, 0.1) is 5.92 Å². The van der Waals surface area contributed by atoms with Gasteiger partial charge in [0.25, 0.3) is 0 Å². The third kappa shape index (κ3) is 4.93. The molecule has 0 unspecified atom stereocenters. The molecule has 1 aliphatic rings. The molecule has 0 bridgehead atoms. The van der Waals surface area contributed by atoms with Crippen LogP contribution in [0.3, 0.4) is 0 Å². The molecule has 0 aliphatic heterocycles. The van der Waals surface area contributed by atoms with Crippen LogP contribution in [0.15, 0.2) is 48.5 Å². The average molecular weight is 456 g/mol. The molecule has 7 nitrogen and oxygen atoms in total. The Balaban J connectivity index is 1.38. The highest BCUT2D eigenvalue weighted by Crippen LogP contribution is 2.31. The van der Waals surface area contributed by atoms with Gasteiger partial charge in [0, 0.05) is 17.4 Å². The van der Waals surface area contributed by atoms with E-state index in [1.54, 1.807) is 0 Å². The first kappa shape index (κ1) is 22.4. The number of aromatic amines is 1. The Bertz CT molecular complexity index is 1210. The molecular formula is C27H33N7. The van der Waals surface area contributed by atoms with Crippen LogP contribution in [0.5, 0.6) is 0 Å². The molecule has 7 heteroatoms. The fraction of sp³-hybridized carbons (Fsp3) is 0.444. The van der Waals surface area contributed by atoms with E-state index in [1.807, 2.05) is 18.2 Å². The van der Waals surface area contributed by atoms with Crippen molar-refractivity contribution in [2.24, 2.45) is 5.92 Å². The van der Waals surface area contributed by atoms with Crippen LogP contribution in [0.4, 0.5) is 0 Å². The van der Waals surface area contributed by atoms with Crippen LogP contribution in [-0.2, 0) is 18.4 Å². The van der Waals surface area contributed by atoms with Crippen LogP contribution in [0.25, 0.3) is 22.5 Å². The van der Waals surface area contributed by atoms with E-state index in [1.165, 1.54) is 37.7 Å². The molecule has 176 valence electrons. The lowest BCUT2D eigenvalue weighted by molar-refractivity contribution is 0.351. The minimum Gasteiger partial charge on any atom is -0.245 e. The van der Waals surface area contributed by atoms with Crippen molar-refractivity contribution in [2.75, 3.05) is 0 Å². The summed E-state index contributed by atoms with van der Waals surface area (Å²) in [5.41, 5.74) is 4.32. The zero-order valence-electron chi connectivity index (χ0n) is 20.3. The Morgan fingerprint density at radius 1 is 0.941 bits per heavy atom. The maximum absolute atomic E-state index is 5.01. The first-order chi connectivity index (χ1) is 16.5. The predicted octanol–water partition coefficient (Wildman–Crippen LogP) is 5.59. The Kier molecular flexibility index (Phi) is 6.26. The zero-order chi connectivity index (χ0) is 23.5. The maximum Gasteiger partial charge on any atom is 0.205 e. The van der Waals surface area contributed by atoms with Crippen LogP contribution >= 0.6 is 0 Å². The summed E-state index contributed by atoms with van der Waals surface area (Å²) in [5, 5.41) is 19.5. The molecule has 2 aromatic carbocycles. The molecule has 4 aromatic rings. The van der Waals surface area contributed by atoms with Crippen molar-refractivity contribution in [2.45, 2.75) is 71.3 Å². The van der Waals surface area contributed by atoms with E-state index in [0.29, 0.717) is 5.82 Å². The lowest BCUT2D eigenvalue weighted by Gasteiger charge is -2.19. The molecule has 2 heterocycles. The van der Waals surface area contributed by atoms with E-state index in [-0.39, 0.29) is 5.41 Å². The van der Waals surface area contributed by atoms with Crippen molar-refractivity contribution in [3.63, 3.8) is 0 Å². The summed E-state index contributed by atoms with van der Waals surface area (Å²) in [6.07, 6.45) is 7.70. The van der Waals surface area contributed by atoms with Gasteiger partial charge in [0.15, 0.2) is 5.82 Å². The molecule has 1 saturated carbocycles. The molecule has 0 radical (unpaired) electrons. The van der Waals surface area contributed by atoms with Gasteiger partial charge in [-0.2, -0.15) is 10.3 Å². The topological polar surface area (TPSA) is 85.2 Å². The summed E-state index contributed by atoms with van der Waals surface area (Å²) in [6.45, 7) is 7.37. The second kappa shape index (κ2) is 9.49. The fourth-order valence-corrected chi connectivity index (χ4v) is 4.96. The van der Waals surface area contributed by atoms with E-state index < -0.39 is 0 Å². The SMILES string of the molecule is CC(C)(C)c1nc(CC2CCCCC2)nn1Cc1ccc(-c2ccccc2-c2nn[nH]n2)cc1. The van der Waals surface area contributed by atoms with Gasteiger partial charge in [-0.05, 0) is 27.8 Å². The Labute approximate surface area is 201 Å². The number of benzene rings is 2. The number of rotatable bonds is 6. The third-order valence-corrected chi connectivity index (χ3v) is 6.69. The Hall–Kier alpha value is -3.35. The van der Waals surface area contributed by atoms with Crippen LogP contribution in [0.2, 0.25) is 0 Å². The third-order valence-electron chi connectivity index (χ3n) is 6.69. The number of aromatic nitrogens is 7. The number of tetrazole rings is 1.